The number of methoxy groups -OCH3 is 2. The molecule has 1 fully saturated rings. The predicted octanol–water partition coefficient (Wildman–Crippen LogP) is 3.99. The van der Waals surface area contributed by atoms with Crippen molar-refractivity contribution in [1.82, 2.24) is 15.0 Å². The van der Waals surface area contributed by atoms with Gasteiger partial charge in [-0.1, -0.05) is 6.07 Å². The molecule has 1 amide bonds. The van der Waals surface area contributed by atoms with Gasteiger partial charge in [-0.25, -0.2) is 15.0 Å². The maximum atomic E-state index is 13.3. The van der Waals surface area contributed by atoms with Crippen LogP contribution in [0.2, 0.25) is 0 Å². The van der Waals surface area contributed by atoms with Gasteiger partial charge in [0.15, 0.2) is 0 Å². The van der Waals surface area contributed by atoms with Crippen molar-refractivity contribution >= 4 is 44.8 Å². The number of aromatic nitrogens is 3. The van der Waals surface area contributed by atoms with Gasteiger partial charge >= 0.3 is 0 Å². The first-order valence-corrected chi connectivity index (χ1v) is 12.1. The SMILES string of the molecule is COc1ccc(NC(=O)c2sc3ncnc(N4CCN(c5ccccn5)CC4)c3c2C)c(OC)c1. The average Bonchev–Trinajstić information content (AvgIpc) is 3.26. The number of pyridine rings is 1. The number of ether oxygens (including phenoxy) is 2. The van der Waals surface area contributed by atoms with E-state index in [1.807, 2.05) is 31.3 Å². The number of piperazine rings is 1. The summed E-state index contributed by atoms with van der Waals surface area (Å²) >= 11 is 1.37. The highest BCUT2D eigenvalue weighted by molar-refractivity contribution is 7.20. The number of nitrogens with one attached hydrogen (secondary N) is 1. The van der Waals surface area contributed by atoms with Gasteiger partial charge in [0.25, 0.3) is 5.91 Å². The van der Waals surface area contributed by atoms with E-state index in [-0.39, 0.29) is 5.91 Å². The molecule has 0 saturated carbocycles. The van der Waals surface area contributed by atoms with Crippen LogP contribution in [-0.2, 0) is 0 Å². The fourth-order valence-electron chi connectivity index (χ4n) is 4.28. The lowest BCUT2D eigenvalue weighted by atomic mass is 10.1. The maximum Gasteiger partial charge on any atom is 0.266 e. The van der Waals surface area contributed by atoms with Crippen LogP contribution in [0.3, 0.4) is 0 Å². The summed E-state index contributed by atoms with van der Waals surface area (Å²) in [4.78, 5) is 32.7. The zero-order valence-electron chi connectivity index (χ0n) is 19.8. The molecule has 1 aliphatic heterocycles. The third kappa shape index (κ3) is 4.44. The highest BCUT2D eigenvalue weighted by atomic mass is 32.1. The average molecular weight is 491 g/mol. The molecule has 0 spiro atoms. The van der Waals surface area contributed by atoms with E-state index in [0.29, 0.717) is 22.1 Å². The number of carbonyl (C=O) groups is 1. The minimum atomic E-state index is -0.208. The molecule has 0 radical (unpaired) electrons. The van der Waals surface area contributed by atoms with Crippen LogP contribution < -0.4 is 24.6 Å². The number of benzene rings is 1. The second-order valence-corrected chi connectivity index (χ2v) is 9.12. The predicted molar refractivity (Wildman–Crippen MR) is 138 cm³/mol. The molecule has 0 bridgehead atoms. The molecule has 35 heavy (non-hydrogen) atoms. The molecular weight excluding hydrogens is 464 g/mol. The van der Waals surface area contributed by atoms with Crippen LogP contribution >= 0.6 is 11.3 Å². The third-order valence-corrected chi connectivity index (χ3v) is 7.32. The fraction of sp³-hybridized carbons (Fsp3) is 0.280. The van der Waals surface area contributed by atoms with Crippen molar-refractivity contribution in [1.29, 1.82) is 0 Å². The van der Waals surface area contributed by atoms with Crippen molar-refractivity contribution < 1.29 is 14.3 Å². The van der Waals surface area contributed by atoms with Crippen LogP contribution in [0.1, 0.15) is 15.2 Å². The Balaban J connectivity index is 1.39. The van der Waals surface area contributed by atoms with Crippen molar-refractivity contribution in [2.24, 2.45) is 0 Å². The molecule has 4 aromatic rings. The summed E-state index contributed by atoms with van der Waals surface area (Å²) in [6.45, 7) is 5.26. The van der Waals surface area contributed by atoms with E-state index in [9.17, 15) is 4.79 Å². The Hall–Kier alpha value is -3.92. The molecule has 0 unspecified atom stereocenters. The van der Waals surface area contributed by atoms with Crippen LogP contribution in [0.15, 0.2) is 48.9 Å². The zero-order valence-corrected chi connectivity index (χ0v) is 20.6. The van der Waals surface area contributed by atoms with Gasteiger partial charge in [0, 0.05) is 38.4 Å². The minimum absolute atomic E-state index is 0.208. The van der Waals surface area contributed by atoms with Crippen LogP contribution in [0.25, 0.3) is 10.2 Å². The minimum Gasteiger partial charge on any atom is -0.497 e. The van der Waals surface area contributed by atoms with Crippen molar-refractivity contribution in [3.05, 3.63) is 59.4 Å². The topological polar surface area (TPSA) is 92.7 Å². The van der Waals surface area contributed by atoms with Gasteiger partial charge in [-0.3, -0.25) is 4.79 Å². The number of aryl methyl sites for hydroxylation is 1. The highest BCUT2D eigenvalue weighted by Crippen LogP contribution is 2.36. The highest BCUT2D eigenvalue weighted by Gasteiger charge is 2.25. The largest absolute Gasteiger partial charge is 0.497 e. The lowest BCUT2D eigenvalue weighted by Gasteiger charge is -2.36. The number of fused-ring (bicyclic) bond motifs is 1. The Bertz CT molecular complexity index is 1350. The first kappa shape index (κ1) is 22.9. The Morgan fingerprint density at radius 3 is 2.51 bits per heavy atom. The van der Waals surface area contributed by atoms with E-state index in [4.69, 9.17) is 9.47 Å². The van der Waals surface area contributed by atoms with Crippen LogP contribution in [-0.4, -0.2) is 61.3 Å². The van der Waals surface area contributed by atoms with Gasteiger partial charge in [0.2, 0.25) is 0 Å². The number of thiophene rings is 1. The van der Waals surface area contributed by atoms with Crippen molar-refractivity contribution in [2.75, 3.05) is 55.5 Å². The molecule has 0 aliphatic carbocycles. The summed E-state index contributed by atoms with van der Waals surface area (Å²) in [5.41, 5.74) is 1.45. The molecular formula is C25H26N6O3S. The standard InChI is InChI=1S/C25H26N6O3S/c1-16-21-23(31-12-10-30(11-13-31)20-6-4-5-9-26-20)27-15-28-25(21)35-22(16)24(32)29-18-8-7-17(33-2)14-19(18)34-3/h4-9,14-15H,10-13H2,1-3H3,(H,29,32). The number of rotatable bonds is 6. The first-order valence-electron chi connectivity index (χ1n) is 11.3. The number of hydrogen-bond donors (Lipinski definition) is 1. The molecule has 180 valence electrons. The molecule has 1 N–H and O–H groups in total. The van der Waals surface area contributed by atoms with E-state index < -0.39 is 0 Å². The van der Waals surface area contributed by atoms with Crippen molar-refractivity contribution in [2.45, 2.75) is 6.92 Å². The molecule has 4 heterocycles. The second kappa shape index (κ2) is 9.75. The van der Waals surface area contributed by atoms with E-state index in [1.165, 1.54) is 11.3 Å². The third-order valence-electron chi connectivity index (χ3n) is 6.12. The first-order chi connectivity index (χ1) is 17.1. The van der Waals surface area contributed by atoms with Gasteiger partial charge in [-0.2, -0.15) is 0 Å². The van der Waals surface area contributed by atoms with Crippen LogP contribution in [0.5, 0.6) is 11.5 Å². The van der Waals surface area contributed by atoms with Gasteiger partial charge in [-0.05, 0) is 36.8 Å². The number of amides is 1. The molecule has 1 aromatic carbocycles. The molecule has 5 rings (SSSR count). The van der Waals surface area contributed by atoms with Gasteiger partial charge in [0.1, 0.15) is 34.3 Å². The Kier molecular flexibility index (Phi) is 6.37. The number of hydrogen-bond acceptors (Lipinski definition) is 9. The lowest BCUT2D eigenvalue weighted by molar-refractivity contribution is 0.102. The summed E-state index contributed by atoms with van der Waals surface area (Å²) in [5, 5.41) is 3.90. The quantitative estimate of drug-likeness (QED) is 0.434. The molecule has 1 aliphatic rings. The Morgan fingerprint density at radius 1 is 1.00 bits per heavy atom. The summed E-state index contributed by atoms with van der Waals surface area (Å²) in [7, 11) is 3.15. The smallest absolute Gasteiger partial charge is 0.266 e. The van der Waals surface area contributed by atoms with Crippen molar-refractivity contribution in [3.63, 3.8) is 0 Å². The normalized spacial score (nSPS) is 13.7. The summed E-state index contributed by atoms with van der Waals surface area (Å²) in [5.74, 6) is 2.83. The van der Waals surface area contributed by atoms with Gasteiger partial charge in [-0.15, -0.1) is 11.3 Å². The molecule has 1 saturated heterocycles. The number of nitrogens with zero attached hydrogens (tertiary/aromatic N) is 5. The molecule has 3 aromatic heterocycles. The van der Waals surface area contributed by atoms with E-state index >= 15 is 0 Å². The fourth-order valence-corrected chi connectivity index (χ4v) is 5.32. The Morgan fingerprint density at radius 2 is 1.80 bits per heavy atom. The van der Waals surface area contributed by atoms with E-state index in [1.54, 1.807) is 38.7 Å². The summed E-state index contributed by atoms with van der Waals surface area (Å²) < 4.78 is 10.7. The van der Waals surface area contributed by atoms with Gasteiger partial charge in [0.05, 0.1) is 30.2 Å². The molecule has 0 atom stereocenters. The van der Waals surface area contributed by atoms with Crippen LogP contribution in [0.4, 0.5) is 17.3 Å². The lowest BCUT2D eigenvalue weighted by Crippen LogP contribution is -2.47. The second-order valence-electron chi connectivity index (χ2n) is 8.12. The van der Waals surface area contributed by atoms with Crippen LogP contribution in [0, 0.1) is 6.92 Å². The number of carbonyl (C=O) groups excluding carboxylic acids is 1. The number of anilines is 3. The Labute approximate surface area is 207 Å². The van der Waals surface area contributed by atoms with E-state index in [2.05, 4.69) is 30.1 Å². The van der Waals surface area contributed by atoms with Gasteiger partial charge < -0.3 is 24.6 Å². The zero-order chi connectivity index (χ0) is 24.4. The monoisotopic (exact) mass is 490 g/mol. The van der Waals surface area contributed by atoms with Crippen molar-refractivity contribution in [3.8, 4) is 11.5 Å². The molecule has 10 heteroatoms. The summed E-state index contributed by atoms with van der Waals surface area (Å²) in [6, 6.07) is 11.3. The van der Waals surface area contributed by atoms with E-state index in [0.717, 1.165) is 53.6 Å². The maximum absolute atomic E-state index is 13.3. The summed E-state index contributed by atoms with van der Waals surface area (Å²) in [6.07, 6.45) is 3.39. The molecule has 9 nitrogen and oxygen atoms in total.